The molecular formula is C25H23I. The standard InChI is InChI=1S/C25H23I/c26-24-18-16-23(17-19-24)25(20-10-4-1-5-11-20,21-12-6-2-7-13-21)22-14-8-3-9-15-22/h1-8,10-14,16,18H,9,15,17,19H2. The highest BCUT2D eigenvalue weighted by atomic mass is 127. The van der Waals surface area contributed by atoms with E-state index in [1.54, 1.807) is 0 Å². The summed E-state index contributed by atoms with van der Waals surface area (Å²) in [6.45, 7) is 0. The first-order chi connectivity index (χ1) is 12.8. The number of benzene rings is 2. The fourth-order valence-corrected chi connectivity index (χ4v) is 4.78. The van der Waals surface area contributed by atoms with Crippen LogP contribution in [0.4, 0.5) is 0 Å². The molecule has 0 saturated carbocycles. The van der Waals surface area contributed by atoms with Gasteiger partial charge in [-0.15, -0.1) is 0 Å². The minimum atomic E-state index is -0.166. The summed E-state index contributed by atoms with van der Waals surface area (Å²) < 4.78 is 1.44. The van der Waals surface area contributed by atoms with Crippen LogP contribution in [0, 0.1) is 0 Å². The summed E-state index contributed by atoms with van der Waals surface area (Å²) in [5, 5.41) is 0. The molecule has 2 aliphatic rings. The van der Waals surface area contributed by atoms with E-state index in [2.05, 4.69) is 114 Å². The second-order valence-corrected chi connectivity index (χ2v) is 8.33. The summed E-state index contributed by atoms with van der Waals surface area (Å²) in [6.07, 6.45) is 16.0. The quantitative estimate of drug-likeness (QED) is 0.429. The summed E-state index contributed by atoms with van der Waals surface area (Å²) in [5.41, 5.74) is 5.61. The molecule has 0 atom stereocenters. The molecule has 0 heterocycles. The van der Waals surface area contributed by atoms with Crippen molar-refractivity contribution in [2.75, 3.05) is 0 Å². The summed E-state index contributed by atoms with van der Waals surface area (Å²) in [4.78, 5) is 0. The van der Waals surface area contributed by atoms with E-state index in [1.807, 2.05) is 0 Å². The van der Waals surface area contributed by atoms with Crippen LogP contribution >= 0.6 is 22.6 Å². The van der Waals surface area contributed by atoms with Gasteiger partial charge in [-0.3, -0.25) is 0 Å². The van der Waals surface area contributed by atoms with Crippen LogP contribution in [0.3, 0.4) is 0 Å². The lowest BCUT2D eigenvalue weighted by Gasteiger charge is -2.41. The first kappa shape index (κ1) is 17.5. The number of allylic oxidation sites excluding steroid dienone is 8. The Kier molecular flexibility index (Phi) is 5.26. The van der Waals surface area contributed by atoms with Gasteiger partial charge in [-0.1, -0.05) is 102 Å². The third kappa shape index (κ3) is 3.14. The van der Waals surface area contributed by atoms with Crippen molar-refractivity contribution in [3.05, 3.63) is 117 Å². The van der Waals surface area contributed by atoms with Crippen molar-refractivity contribution in [1.82, 2.24) is 0 Å². The summed E-state index contributed by atoms with van der Waals surface area (Å²) in [7, 11) is 0. The van der Waals surface area contributed by atoms with Gasteiger partial charge in [0, 0.05) is 0 Å². The molecule has 0 amide bonds. The molecule has 2 aromatic carbocycles. The van der Waals surface area contributed by atoms with Crippen LogP contribution in [-0.2, 0) is 5.41 Å². The molecule has 0 aromatic heterocycles. The SMILES string of the molecule is IC1=CC=C(C(C2=CC=CCC2)(c2ccccc2)c2ccccc2)CC1. The monoisotopic (exact) mass is 450 g/mol. The topological polar surface area (TPSA) is 0 Å². The van der Waals surface area contributed by atoms with Crippen LogP contribution in [0.5, 0.6) is 0 Å². The minimum Gasteiger partial charge on any atom is -0.0842 e. The molecule has 0 unspecified atom stereocenters. The molecule has 0 nitrogen and oxygen atoms in total. The van der Waals surface area contributed by atoms with Gasteiger partial charge in [0.2, 0.25) is 0 Å². The van der Waals surface area contributed by atoms with Crippen molar-refractivity contribution >= 4 is 22.6 Å². The van der Waals surface area contributed by atoms with E-state index in [0.29, 0.717) is 0 Å². The highest BCUT2D eigenvalue weighted by Crippen LogP contribution is 2.50. The summed E-state index contributed by atoms with van der Waals surface area (Å²) in [5.74, 6) is 0. The Morgan fingerprint density at radius 1 is 0.654 bits per heavy atom. The average molecular weight is 450 g/mol. The zero-order valence-corrected chi connectivity index (χ0v) is 17.0. The Labute approximate surface area is 170 Å². The largest absolute Gasteiger partial charge is 0.0842 e. The van der Waals surface area contributed by atoms with Crippen LogP contribution in [0.25, 0.3) is 0 Å². The van der Waals surface area contributed by atoms with E-state index in [9.17, 15) is 0 Å². The van der Waals surface area contributed by atoms with E-state index in [1.165, 1.54) is 25.9 Å². The number of hydrogen-bond donors (Lipinski definition) is 0. The first-order valence-corrected chi connectivity index (χ1v) is 10.4. The first-order valence-electron chi connectivity index (χ1n) is 9.35. The second-order valence-electron chi connectivity index (χ2n) is 6.95. The Bertz CT molecular complexity index is 843. The molecule has 0 saturated heterocycles. The van der Waals surface area contributed by atoms with Gasteiger partial charge in [0.1, 0.15) is 0 Å². The van der Waals surface area contributed by atoms with Gasteiger partial charge >= 0.3 is 0 Å². The fourth-order valence-electron chi connectivity index (χ4n) is 4.33. The van der Waals surface area contributed by atoms with Crippen LogP contribution < -0.4 is 0 Å². The third-order valence-corrected chi connectivity index (χ3v) is 6.39. The molecular weight excluding hydrogens is 427 g/mol. The number of halogens is 1. The maximum absolute atomic E-state index is 2.47. The van der Waals surface area contributed by atoms with E-state index < -0.39 is 0 Å². The van der Waals surface area contributed by atoms with E-state index >= 15 is 0 Å². The van der Waals surface area contributed by atoms with Crippen molar-refractivity contribution in [1.29, 1.82) is 0 Å². The predicted octanol–water partition coefficient (Wildman–Crippen LogP) is 7.29. The molecule has 0 radical (unpaired) electrons. The molecule has 4 rings (SSSR count). The molecule has 26 heavy (non-hydrogen) atoms. The van der Waals surface area contributed by atoms with Crippen molar-refractivity contribution in [2.45, 2.75) is 31.1 Å². The molecule has 2 aromatic rings. The number of hydrogen-bond acceptors (Lipinski definition) is 0. The van der Waals surface area contributed by atoms with Crippen molar-refractivity contribution in [3.8, 4) is 0 Å². The zero-order valence-electron chi connectivity index (χ0n) is 14.9. The van der Waals surface area contributed by atoms with Crippen molar-refractivity contribution in [3.63, 3.8) is 0 Å². The number of rotatable bonds is 4. The molecule has 0 bridgehead atoms. The lowest BCUT2D eigenvalue weighted by Crippen LogP contribution is -2.34. The van der Waals surface area contributed by atoms with Gasteiger partial charge in [-0.2, -0.15) is 0 Å². The van der Waals surface area contributed by atoms with Gasteiger partial charge < -0.3 is 0 Å². The van der Waals surface area contributed by atoms with E-state index in [4.69, 9.17) is 0 Å². The maximum Gasteiger partial charge on any atom is 0.0627 e. The minimum absolute atomic E-state index is 0.166. The highest BCUT2D eigenvalue weighted by molar-refractivity contribution is 14.1. The van der Waals surface area contributed by atoms with Crippen LogP contribution in [0.2, 0.25) is 0 Å². The molecule has 2 aliphatic carbocycles. The Balaban J connectivity index is 2.04. The third-order valence-electron chi connectivity index (χ3n) is 5.49. The van der Waals surface area contributed by atoms with E-state index in [0.717, 1.165) is 25.7 Å². The molecule has 1 heteroatoms. The Morgan fingerprint density at radius 3 is 1.77 bits per heavy atom. The summed E-state index contributed by atoms with van der Waals surface area (Å²) in [6, 6.07) is 22.1. The van der Waals surface area contributed by atoms with Gasteiger partial charge in [0.15, 0.2) is 0 Å². The highest BCUT2D eigenvalue weighted by Gasteiger charge is 2.41. The second kappa shape index (κ2) is 7.79. The average Bonchev–Trinajstić information content (AvgIpc) is 2.72. The fraction of sp³-hybridized carbons (Fsp3) is 0.200. The van der Waals surface area contributed by atoms with Gasteiger partial charge in [0.05, 0.1) is 5.41 Å². The van der Waals surface area contributed by atoms with Gasteiger partial charge in [0.25, 0.3) is 0 Å². The van der Waals surface area contributed by atoms with Crippen LogP contribution in [0.15, 0.2) is 106 Å². The van der Waals surface area contributed by atoms with Crippen molar-refractivity contribution in [2.24, 2.45) is 0 Å². The van der Waals surface area contributed by atoms with E-state index in [-0.39, 0.29) is 5.41 Å². The van der Waals surface area contributed by atoms with Gasteiger partial charge in [-0.25, -0.2) is 0 Å². The normalized spacial score (nSPS) is 17.3. The van der Waals surface area contributed by atoms with Gasteiger partial charge in [-0.05, 0) is 63.0 Å². The van der Waals surface area contributed by atoms with Crippen LogP contribution in [0.1, 0.15) is 36.8 Å². The zero-order chi connectivity index (χ0) is 17.8. The van der Waals surface area contributed by atoms with Crippen LogP contribution in [-0.4, -0.2) is 0 Å². The smallest absolute Gasteiger partial charge is 0.0627 e. The lowest BCUT2D eigenvalue weighted by molar-refractivity contribution is 0.628. The molecule has 130 valence electrons. The molecule has 0 aliphatic heterocycles. The predicted molar refractivity (Wildman–Crippen MR) is 120 cm³/mol. The molecule has 0 N–H and O–H groups in total. The maximum atomic E-state index is 2.47. The Morgan fingerprint density at radius 2 is 1.27 bits per heavy atom. The molecule has 0 spiro atoms. The summed E-state index contributed by atoms with van der Waals surface area (Å²) >= 11 is 2.47. The lowest BCUT2D eigenvalue weighted by atomic mass is 9.61. The Hall–Kier alpha value is -1.87. The molecule has 0 fully saturated rings. The van der Waals surface area contributed by atoms with Crippen molar-refractivity contribution < 1.29 is 0 Å².